The highest BCUT2D eigenvalue weighted by Gasteiger charge is 2.58. The standard InChI is InChI=1S/C27H34FN7O4/c1-5-38-23(36)19-14-34-21(30-19)6-7-29-24(34)31-22-10-18(33-35(22)26(2,3)4)16-8-17(28)20(9-16)39-25(37)32-27-11-15(12-27)13-27/h6-7,10,14-17,20H,5,8-9,11-13H2,1-4H3,(H,29,31)(H,32,37)/t15?,16-,17+,20-,27?/m0/s1. The lowest BCUT2D eigenvalue weighted by atomic mass is 9.50. The third-order valence-electron chi connectivity index (χ3n) is 7.98. The molecule has 7 rings (SSSR count). The number of ether oxygens (including phenoxy) is 2. The van der Waals surface area contributed by atoms with Gasteiger partial charge in [-0.3, -0.25) is 4.40 Å². The predicted molar refractivity (Wildman–Crippen MR) is 140 cm³/mol. The molecule has 3 aromatic heterocycles. The average molecular weight is 540 g/mol. The number of hydrogen-bond acceptors (Lipinski definition) is 8. The lowest BCUT2D eigenvalue weighted by Gasteiger charge is -2.61. The maximum Gasteiger partial charge on any atom is 0.407 e. The maximum absolute atomic E-state index is 15.0. The summed E-state index contributed by atoms with van der Waals surface area (Å²) in [7, 11) is 0. The summed E-state index contributed by atoms with van der Waals surface area (Å²) >= 11 is 0. The second-order valence-electron chi connectivity index (χ2n) is 12.0. The Morgan fingerprint density at radius 1 is 1.23 bits per heavy atom. The Balaban J connectivity index is 1.21. The summed E-state index contributed by atoms with van der Waals surface area (Å²) in [6.45, 7) is 8.05. The Hall–Kier alpha value is -3.70. The molecule has 39 heavy (non-hydrogen) atoms. The summed E-state index contributed by atoms with van der Waals surface area (Å²) in [5.41, 5.74) is 0.922. The summed E-state index contributed by atoms with van der Waals surface area (Å²) in [6.07, 6.45) is 4.18. The molecule has 0 aliphatic heterocycles. The Morgan fingerprint density at radius 2 is 2.00 bits per heavy atom. The van der Waals surface area contributed by atoms with Crippen LogP contribution in [0.4, 0.5) is 21.0 Å². The Labute approximate surface area is 225 Å². The van der Waals surface area contributed by atoms with E-state index in [4.69, 9.17) is 14.6 Å². The Kier molecular flexibility index (Phi) is 6.03. The SMILES string of the molecule is CCOC(=O)c1cn2c(Nc3cc([C@H]4C[C@@H](F)[C@@H](OC(=O)NC56CC(C5)C6)C4)nn3C(C)(C)C)nccc2n1. The monoisotopic (exact) mass is 539 g/mol. The molecule has 3 atom stereocenters. The second kappa shape index (κ2) is 9.20. The van der Waals surface area contributed by atoms with Crippen molar-refractivity contribution in [2.45, 2.75) is 89.1 Å². The van der Waals surface area contributed by atoms with E-state index in [1.165, 1.54) is 0 Å². The van der Waals surface area contributed by atoms with Gasteiger partial charge in [-0.2, -0.15) is 5.10 Å². The molecule has 4 saturated carbocycles. The Bertz CT molecular complexity index is 1410. The van der Waals surface area contributed by atoms with Gasteiger partial charge in [-0.25, -0.2) is 28.6 Å². The molecular weight excluding hydrogens is 505 g/mol. The minimum atomic E-state index is -1.26. The number of aromatic nitrogens is 5. The van der Waals surface area contributed by atoms with Crippen molar-refractivity contribution >= 4 is 29.5 Å². The van der Waals surface area contributed by atoms with Gasteiger partial charge in [0.15, 0.2) is 5.69 Å². The lowest BCUT2D eigenvalue weighted by molar-refractivity contribution is -0.0530. The van der Waals surface area contributed by atoms with Gasteiger partial charge in [0.2, 0.25) is 5.95 Å². The molecule has 0 spiro atoms. The number of imidazole rings is 1. The van der Waals surface area contributed by atoms with Gasteiger partial charge < -0.3 is 20.1 Å². The fourth-order valence-corrected chi connectivity index (χ4v) is 5.95. The van der Waals surface area contributed by atoms with Crippen LogP contribution in [0.3, 0.4) is 0 Å². The predicted octanol–water partition coefficient (Wildman–Crippen LogP) is 4.46. The maximum atomic E-state index is 15.0. The van der Waals surface area contributed by atoms with E-state index in [0.717, 1.165) is 25.2 Å². The van der Waals surface area contributed by atoms with E-state index >= 15 is 0 Å². The molecule has 3 aromatic rings. The second-order valence-corrected chi connectivity index (χ2v) is 12.0. The van der Waals surface area contributed by atoms with Gasteiger partial charge in [-0.15, -0.1) is 0 Å². The quantitative estimate of drug-likeness (QED) is 0.422. The van der Waals surface area contributed by atoms with Gasteiger partial charge in [-0.1, -0.05) is 0 Å². The first kappa shape index (κ1) is 25.6. The summed E-state index contributed by atoms with van der Waals surface area (Å²) in [6, 6.07) is 3.58. The average Bonchev–Trinajstić information content (AvgIpc) is 3.53. The molecule has 3 heterocycles. The normalized spacial score (nSPS) is 27.5. The van der Waals surface area contributed by atoms with E-state index in [-0.39, 0.29) is 30.2 Å². The topological polar surface area (TPSA) is 125 Å². The van der Waals surface area contributed by atoms with E-state index in [1.54, 1.807) is 29.8 Å². The van der Waals surface area contributed by atoms with E-state index < -0.39 is 29.9 Å². The highest BCUT2D eigenvalue weighted by atomic mass is 19.1. The van der Waals surface area contributed by atoms with Crippen LogP contribution in [0.2, 0.25) is 0 Å². The molecule has 0 aromatic carbocycles. The largest absolute Gasteiger partial charge is 0.461 e. The number of nitrogens with one attached hydrogen (secondary N) is 2. The van der Waals surface area contributed by atoms with E-state index in [2.05, 4.69) is 20.6 Å². The number of carbonyl (C=O) groups is 2. The summed E-state index contributed by atoms with van der Waals surface area (Å²) in [5, 5.41) is 11.1. The molecular formula is C27H34FN7O4. The molecule has 208 valence electrons. The fourth-order valence-electron chi connectivity index (χ4n) is 5.95. The van der Waals surface area contributed by atoms with Gasteiger partial charge in [0.25, 0.3) is 0 Å². The first-order valence-electron chi connectivity index (χ1n) is 13.5. The zero-order chi connectivity index (χ0) is 27.5. The van der Waals surface area contributed by atoms with Crippen molar-refractivity contribution in [3.8, 4) is 0 Å². The van der Waals surface area contributed by atoms with Crippen LogP contribution in [0, 0.1) is 5.92 Å². The zero-order valence-electron chi connectivity index (χ0n) is 22.6. The van der Waals surface area contributed by atoms with Crippen LogP contribution in [0.25, 0.3) is 5.65 Å². The number of anilines is 2. The van der Waals surface area contributed by atoms with Crippen molar-refractivity contribution in [3.63, 3.8) is 0 Å². The summed E-state index contributed by atoms with van der Waals surface area (Å²) < 4.78 is 29.1. The number of fused-ring (bicyclic) bond motifs is 1. The number of nitrogens with zero attached hydrogens (tertiary/aromatic N) is 5. The Morgan fingerprint density at radius 3 is 2.67 bits per heavy atom. The minimum absolute atomic E-state index is 0.110. The van der Waals surface area contributed by atoms with Crippen molar-refractivity contribution in [1.29, 1.82) is 0 Å². The molecule has 4 aliphatic rings. The van der Waals surface area contributed by atoms with Gasteiger partial charge in [-0.05, 0) is 71.8 Å². The van der Waals surface area contributed by atoms with Crippen LogP contribution in [0.1, 0.15) is 81.9 Å². The highest BCUT2D eigenvalue weighted by Crippen LogP contribution is 2.57. The van der Waals surface area contributed by atoms with E-state index in [9.17, 15) is 14.0 Å². The third-order valence-corrected chi connectivity index (χ3v) is 7.98. The van der Waals surface area contributed by atoms with Crippen LogP contribution in [0.15, 0.2) is 24.5 Å². The molecule has 12 heteroatoms. The van der Waals surface area contributed by atoms with Crippen LogP contribution in [-0.2, 0) is 15.0 Å². The van der Waals surface area contributed by atoms with Crippen molar-refractivity contribution in [3.05, 3.63) is 35.9 Å². The summed E-state index contributed by atoms with van der Waals surface area (Å²) in [5.74, 6) is 1.11. The number of carbonyl (C=O) groups excluding carboxylic acids is 2. The minimum Gasteiger partial charge on any atom is -0.461 e. The smallest absolute Gasteiger partial charge is 0.407 e. The number of halogens is 1. The first-order valence-corrected chi connectivity index (χ1v) is 13.5. The van der Waals surface area contributed by atoms with Gasteiger partial charge in [0.05, 0.1) is 17.8 Å². The number of hydrogen-bond donors (Lipinski definition) is 2. The fraction of sp³-hybridized carbons (Fsp3) is 0.593. The molecule has 0 saturated heterocycles. The molecule has 0 radical (unpaired) electrons. The van der Waals surface area contributed by atoms with Crippen LogP contribution in [0.5, 0.6) is 0 Å². The molecule has 4 aliphatic carbocycles. The number of esters is 1. The van der Waals surface area contributed by atoms with Gasteiger partial charge in [0, 0.05) is 29.9 Å². The van der Waals surface area contributed by atoms with Crippen LogP contribution in [-0.4, -0.2) is 60.6 Å². The number of alkyl carbamates (subject to hydrolysis) is 1. The molecule has 2 bridgehead atoms. The first-order chi connectivity index (χ1) is 18.5. The van der Waals surface area contributed by atoms with Gasteiger partial charge in [0.1, 0.15) is 23.7 Å². The molecule has 11 nitrogen and oxygen atoms in total. The number of alkyl halides is 1. The molecule has 1 amide bonds. The third kappa shape index (κ3) is 4.70. The molecule has 2 N–H and O–H groups in total. The number of rotatable bonds is 7. The van der Waals surface area contributed by atoms with Crippen molar-refractivity contribution < 1.29 is 23.5 Å². The van der Waals surface area contributed by atoms with E-state index in [1.807, 2.05) is 31.5 Å². The van der Waals surface area contributed by atoms with Crippen molar-refractivity contribution in [2.24, 2.45) is 5.92 Å². The molecule has 4 fully saturated rings. The molecule has 0 unspecified atom stereocenters. The zero-order valence-corrected chi connectivity index (χ0v) is 22.6. The van der Waals surface area contributed by atoms with Crippen LogP contribution < -0.4 is 10.6 Å². The van der Waals surface area contributed by atoms with Crippen molar-refractivity contribution in [2.75, 3.05) is 11.9 Å². The van der Waals surface area contributed by atoms with Crippen LogP contribution >= 0.6 is 0 Å². The van der Waals surface area contributed by atoms with Crippen molar-refractivity contribution in [1.82, 2.24) is 29.5 Å². The van der Waals surface area contributed by atoms with Gasteiger partial charge >= 0.3 is 12.1 Å². The van der Waals surface area contributed by atoms with E-state index in [0.29, 0.717) is 29.5 Å². The number of amides is 1. The highest BCUT2D eigenvalue weighted by molar-refractivity contribution is 5.88. The lowest BCUT2D eigenvalue weighted by Crippen LogP contribution is -2.68. The summed E-state index contributed by atoms with van der Waals surface area (Å²) in [4.78, 5) is 33.4.